The Morgan fingerprint density at radius 1 is 1.00 bits per heavy atom. The van der Waals surface area contributed by atoms with E-state index >= 15 is 0 Å². The van der Waals surface area contributed by atoms with Crippen molar-refractivity contribution in [3.8, 4) is 11.5 Å². The van der Waals surface area contributed by atoms with Crippen LogP contribution in [0.3, 0.4) is 0 Å². The highest BCUT2D eigenvalue weighted by Gasteiger charge is 2.20. The molecule has 8 heteroatoms. The van der Waals surface area contributed by atoms with Gasteiger partial charge in [0.05, 0.1) is 19.2 Å². The van der Waals surface area contributed by atoms with Crippen LogP contribution in [0.4, 0.5) is 5.69 Å². The van der Waals surface area contributed by atoms with Crippen molar-refractivity contribution in [3.05, 3.63) is 53.6 Å². The van der Waals surface area contributed by atoms with Gasteiger partial charge in [-0.15, -0.1) is 0 Å². The van der Waals surface area contributed by atoms with E-state index in [4.69, 9.17) is 14.2 Å². The lowest BCUT2D eigenvalue weighted by molar-refractivity contribution is -0.117. The molecular formula is C22H25N3O5. The average Bonchev–Trinajstić information content (AvgIpc) is 3.22. The molecule has 0 radical (unpaired) electrons. The van der Waals surface area contributed by atoms with Gasteiger partial charge in [-0.2, -0.15) is 0 Å². The third kappa shape index (κ3) is 4.90. The topological polar surface area (TPSA) is 80.3 Å². The molecule has 2 aliphatic heterocycles. The van der Waals surface area contributed by atoms with Gasteiger partial charge in [0.15, 0.2) is 11.5 Å². The first-order chi connectivity index (χ1) is 14.6. The Bertz CT molecular complexity index is 925. The van der Waals surface area contributed by atoms with Crippen LogP contribution in [0, 0.1) is 0 Å². The second-order valence-corrected chi connectivity index (χ2v) is 7.36. The second kappa shape index (κ2) is 9.15. The SMILES string of the molecule is COC(=O)c1cccc(NC(=O)CN2CCN(Cc3ccc4c(c3)OCO4)CC2)c1. The fourth-order valence-electron chi connectivity index (χ4n) is 3.65. The number of benzene rings is 2. The fourth-order valence-corrected chi connectivity index (χ4v) is 3.65. The van der Waals surface area contributed by atoms with E-state index in [1.165, 1.54) is 12.7 Å². The first-order valence-corrected chi connectivity index (χ1v) is 9.92. The monoisotopic (exact) mass is 411 g/mol. The summed E-state index contributed by atoms with van der Waals surface area (Å²) < 4.78 is 15.5. The Kier molecular flexibility index (Phi) is 6.15. The Morgan fingerprint density at radius 3 is 2.57 bits per heavy atom. The van der Waals surface area contributed by atoms with Gasteiger partial charge in [0, 0.05) is 38.4 Å². The average molecular weight is 411 g/mol. The van der Waals surface area contributed by atoms with Gasteiger partial charge in [-0.25, -0.2) is 4.79 Å². The lowest BCUT2D eigenvalue weighted by Gasteiger charge is -2.34. The van der Waals surface area contributed by atoms with Crippen molar-refractivity contribution in [1.82, 2.24) is 9.80 Å². The molecule has 0 saturated carbocycles. The van der Waals surface area contributed by atoms with Crippen molar-refractivity contribution in [2.45, 2.75) is 6.54 Å². The number of fused-ring (bicyclic) bond motifs is 1. The van der Waals surface area contributed by atoms with Gasteiger partial charge in [0.1, 0.15) is 0 Å². The number of carbonyl (C=O) groups is 2. The first-order valence-electron chi connectivity index (χ1n) is 9.92. The number of rotatable bonds is 6. The fraction of sp³-hybridized carbons (Fsp3) is 0.364. The van der Waals surface area contributed by atoms with Crippen LogP contribution in [0.15, 0.2) is 42.5 Å². The number of hydrogen-bond donors (Lipinski definition) is 1. The number of piperazine rings is 1. The Hall–Kier alpha value is -3.10. The van der Waals surface area contributed by atoms with Gasteiger partial charge in [0.25, 0.3) is 0 Å². The van der Waals surface area contributed by atoms with E-state index < -0.39 is 5.97 Å². The lowest BCUT2D eigenvalue weighted by atomic mass is 10.1. The quantitative estimate of drug-likeness (QED) is 0.728. The van der Waals surface area contributed by atoms with E-state index in [1.54, 1.807) is 24.3 Å². The minimum atomic E-state index is -0.426. The molecule has 2 heterocycles. The van der Waals surface area contributed by atoms with E-state index in [-0.39, 0.29) is 12.7 Å². The minimum Gasteiger partial charge on any atom is -0.465 e. The molecule has 4 rings (SSSR count). The van der Waals surface area contributed by atoms with Crippen LogP contribution in [-0.4, -0.2) is 68.3 Å². The number of amides is 1. The van der Waals surface area contributed by atoms with Crippen molar-refractivity contribution in [2.75, 3.05) is 51.9 Å². The number of carbonyl (C=O) groups excluding carboxylic acids is 2. The standard InChI is InChI=1S/C22H25N3O5/c1-28-22(27)17-3-2-4-18(12-17)23-21(26)14-25-9-7-24(8-10-25)13-16-5-6-19-20(11-16)30-15-29-19/h2-6,11-12H,7-10,13-15H2,1H3,(H,23,26). The van der Waals surface area contributed by atoms with Crippen LogP contribution in [-0.2, 0) is 16.1 Å². The van der Waals surface area contributed by atoms with E-state index in [2.05, 4.69) is 21.2 Å². The first kappa shape index (κ1) is 20.2. The van der Waals surface area contributed by atoms with Crippen LogP contribution in [0.5, 0.6) is 11.5 Å². The molecule has 0 aliphatic carbocycles. The molecule has 2 aromatic rings. The van der Waals surface area contributed by atoms with Gasteiger partial charge in [0.2, 0.25) is 12.7 Å². The minimum absolute atomic E-state index is 0.0961. The summed E-state index contributed by atoms with van der Waals surface area (Å²) in [5, 5.41) is 2.86. The lowest BCUT2D eigenvalue weighted by Crippen LogP contribution is -2.48. The number of hydrogen-bond acceptors (Lipinski definition) is 7. The predicted molar refractivity (Wildman–Crippen MR) is 111 cm³/mol. The van der Waals surface area contributed by atoms with Crippen molar-refractivity contribution < 1.29 is 23.8 Å². The van der Waals surface area contributed by atoms with E-state index in [9.17, 15) is 9.59 Å². The van der Waals surface area contributed by atoms with Crippen LogP contribution in [0.25, 0.3) is 0 Å². The van der Waals surface area contributed by atoms with Crippen molar-refractivity contribution >= 4 is 17.6 Å². The molecule has 1 saturated heterocycles. The van der Waals surface area contributed by atoms with Gasteiger partial charge < -0.3 is 19.5 Å². The maximum absolute atomic E-state index is 12.4. The summed E-state index contributed by atoms with van der Waals surface area (Å²) in [5.41, 5.74) is 2.19. The molecule has 158 valence electrons. The van der Waals surface area contributed by atoms with Crippen LogP contribution < -0.4 is 14.8 Å². The molecule has 0 atom stereocenters. The van der Waals surface area contributed by atoms with Crippen molar-refractivity contribution in [3.63, 3.8) is 0 Å². The zero-order chi connectivity index (χ0) is 20.9. The number of anilines is 1. The number of ether oxygens (including phenoxy) is 3. The molecule has 0 bridgehead atoms. The molecule has 2 aromatic carbocycles. The third-order valence-electron chi connectivity index (χ3n) is 5.24. The highest BCUT2D eigenvalue weighted by molar-refractivity contribution is 5.95. The Morgan fingerprint density at radius 2 is 1.77 bits per heavy atom. The van der Waals surface area contributed by atoms with Gasteiger partial charge in [-0.3, -0.25) is 14.6 Å². The van der Waals surface area contributed by atoms with E-state index in [1.807, 2.05) is 12.1 Å². The number of esters is 1. The Balaban J connectivity index is 1.23. The summed E-state index contributed by atoms with van der Waals surface area (Å²) in [6, 6.07) is 12.8. The van der Waals surface area contributed by atoms with Crippen molar-refractivity contribution in [2.24, 2.45) is 0 Å². The number of nitrogens with one attached hydrogen (secondary N) is 1. The van der Waals surface area contributed by atoms with Crippen molar-refractivity contribution in [1.29, 1.82) is 0 Å². The predicted octanol–water partition coefficient (Wildman–Crippen LogP) is 1.96. The van der Waals surface area contributed by atoms with Crippen LogP contribution >= 0.6 is 0 Å². The zero-order valence-electron chi connectivity index (χ0n) is 16.9. The van der Waals surface area contributed by atoms with Gasteiger partial charge >= 0.3 is 5.97 Å². The molecule has 30 heavy (non-hydrogen) atoms. The van der Waals surface area contributed by atoms with Gasteiger partial charge in [-0.05, 0) is 35.9 Å². The van der Waals surface area contributed by atoms with E-state index in [0.717, 1.165) is 44.2 Å². The molecular weight excluding hydrogens is 386 g/mol. The normalized spacial score (nSPS) is 16.3. The second-order valence-electron chi connectivity index (χ2n) is 7.36. The maximum atomic E-state index is 12.4. The maximum Gasteiger partial charge on any atom is 0.337 e. The smallest absolute Gasteiger partial charge is 0.337 e. The summed E-state index contributed by atoms with van der Waals surface area (Å²) in [5.74, 6) is 1.08. The number of nitrogens with zero attached hydrogens (tertiary/aromatic N) is 2. The summed E-state index contributed by atoms with van der Waals surface area (Å²) in [6.45, 7) is 4.86. The molecule has 2 aliphatic rings. The van der Waals surface area contributed by atoms with E-state index in [0.29, 0.717) is 17.8 Å². The summed E-state index contributed by atoms with van der Waals surface area (Å²) in [4.78, 5) is 28.5. The highest BCUT2D eigenvalue weighted by Crippen LogP contribution is 2.32. The molecule has 1 amide bonds. The summed E-state index contributed by atoms with van der Waals surface area (Å²) in [7, 11) is 1.33. The largest absolute Gasteiger partial charge is 0.465 e. The number of methoxy groups -OCH3 is 1. The third-order valence-corrected chi connectivity index (χ3v) is 5.24. The summed E-state index contributed by atoms with van der Waals surface area (Å²) >= 11 is 0. The molecule has 8 nitrogen and oxygen atoms in total. The van der Waals surface area contributed by atoms with Crippen LogP contribution in [0.1, 0.15) is 15.9 Å². The molecule has 1 fully saturated rings. The van der Waals surface area contributed by atoms with Crippen LogP contribution in [0.2, 0.25) is 0 Å². The molecule has 0 spiro atoms. The molecule has 0 aromatic heterocycles. The summed E-state index contributed by atoms with van der Waals surface area (Å²) in [6.07, 6.45) is 0. The highest BCUT2D eigenvalue weighted by atomic mass is 16.7. The molecule has 0 unspecified atom stereocenters. The van der Waals surface area contributed by atoms with Gasteiger partial charge in [-0.1, -0.05) is 12.1 Å². The molecule has 1 N–H and O–H groups in total. The Labute approximate surface area is 175 Å². The zero-order valence-corrected chi connectivity index (χ0v) is 16.9.